The predicted octanol–water partition coefficient (Wildman–Crippen LogP) is 3.76. The lowest BCUT2D eigenvalue weighted by atomic mass is 9.98. The van der Waals surface area contributed by atoms with Gasteiger partial charge in [-0.05, 0) is 36.2 Å². The smallest absolute Gasteiger partial charge is 0.219 e. The van der Waals surface area contributed by atoms with Crippen molar-refractivity contribution in [3.05, 3.63) is 77.7 Å². The van der Waals surface area contributed by atoms with E-state index in [1.807, 2.05) is 36.5 Å². The van der Waals surface area contributed by atoms with Gasteiger partial charge in [0.1, 0.15) is 5.75 Å². The molecule has 0 saturated carbocycles. The number of fused-ring (bicyclic) bond motifs is 1. The van der Waals surface area contributed by atoms with E-state index in [1.165, 1.54) is 16.8 Å². The van der Waals surface area contributed by atoms with E-state index in [2.05, 4.69) is 33.1 Å². The minimum atomic E-state index is 0.648. The van der Waals surface area contributed by atoms with Gasteiger partial charge in [0.25, 0.3) is 0 Å². The van der Waals surface area contributed by atoms with Gasteiger partial charge in [0.05, 0.1) is 0 Å². The van der Waals surface area contributed by atoms with Crippen molar-refractivity contribution in [3.8, 4) is 11.6 Å². The van der Waals surface area contributed by atoms with Crippen molar-refractivity contribution in [1.82, 2.24) is 14.9 Å². The highest BCUT2D eigenvalue weighted by Crippen LogP contribution is 2.31. The molecule has 3 heterocycles. The fraction of sp³-hybridized carbons (Fsp3) is 0.211. The Morgan fingerprint density at radius 2 is 2.09 bits per heavy atom. The minimum absolute atomic E-state index is 0.648. The van der Waals surface area contributed by atoms with E-state index >= 15 is 0 Å². The molecule has 0 bridgehead atoms. The number of H-pyrrole nitrogens is 1. The van der Waals surface area contributed by atoms with Crippen LogP contribution in [-0.4, -0.2) is 21.4 Å². The van der Waals surface area contributed by atoms with Gasteiger partial charge in [-0.1, -0.05) is 18.2 Å². The summed E-state index contributed by atoms with van der Waals surface area (Å²) in [5, 5.41) is 0. The monoisotopic (exact) mass is 305 g/mol. The van der Waals surface area contributed by atoms with Crippen LogP contribution in [-0.2, 0) is 19.5 Å². The summed E-state index contributed by atoms with van der Waals surface area (Å²) in [6.07, 6.45) is 4.73. The van der Waals surface area contributed by atoms with Crippen LogP contribution in [0.2, 0.25) is 0 Å². The van der Waals surface area contributed by atoms with Gasteiger partial charge >= 0.3 is 0 Å². The molecular weight excluding hydrogens is 286 g/mol. The highest BCUT2D eigenvalue weighted by atomic mass is 16.5. The zero-order chi connectivity index (χ0) is 15.5. The van der Waals surface area contributed by atoms with Gasteiger partial charge in [-0.15, -0.1) is 0 Å². The van der Waals surface area contributed by atoms with E-state index in [0.717, 1.165) is 31.8 Å². The van der Waals surface area contributed by atoms with E-state index in [0.29, 0.717) is 5.88 Å². The molecule has 3 aromatic rings. The maximum Gasteiger partial charge on any atom is 0.219 e. The molecule has 0 radical (unpaired) electrons. The summed E-state index contributed by atoms with van der Waals surface area (Å²) in [6.45, 7) is 2.94. The summed E-state index contributed by atoms with van der Waals surface area (Å²) in [7, 11) is 0. The van der Waals surface area contributed by atoms with Gasteiger partial charge in [-0.25, -0.2) is 4.98 Å². The predicted molar refractivity (Wildman–Crippen MR) is 89.4 cm³/mol. The van der Waals surface area contributed by atoms with Gasteiger partial charge in [-0.2, -0.15) is 0 Å². The molecule has 116 valence electrons. The zero-order valence-electron chi connectivity index (χ0n) is 12.9. The summed E-state index contributed by atoms with van der Waals surface area (Å²) >= 11 is 0. The molecule has 1 aromatic carbocycles. The third kappa shape index (κ3) is 3.12. The normalized spacial score (nSPS) is 14.4. The second kappa shape index (κ2) is 6.26. The second-order valence-electron chi connectivity index (χ2n) is 5.82. The summed E-state index contributed by atoms with van der Waals surface area (Å²) in [5.74, 6) is 1.58. The highest BCUT2D eigenvalue weighted by molar-refractivity contribution is 5.43. The van der Waals surface area contributed by atoms with Crippen LogP contribution in [0.25, 0.3) is 0 Å². The lowest BCUT2D eigenvalue weighted by Crippen LogP contribution is -2.30. The number of hydrogen-bond acceptors (Lipinski definition) is 3. The number of ether oxygens (including phenoxy) is 1. The summed E-state index contributed by atoms with van der Waals surface area (Å²) < 4.78 is 5.98. The Balaban J connectivity index is 1.53. The third-order valence-electron chi connectivity index (χ3n) is 4.21. The average Bonchev–Trinajstić information content (AvgIpc) is 3.09. The number of nitrogens with zero attached hydrogens (tertiary/aromatic N) is 2. The van der Waals surface area contributed by atoms with Crippen molar-refractivity contribution in [1.29, 1.82) is 0 Å². The number of hydrogen-bond donors (Lipinski definition) is 1. The van der Waals surface area contributed by atoms with Crippen LogP contribution in [0.3, 0.4) is 0 Å². The number of benzene rings is 1. The molecule has 0 saturated heterocycles. The van der Waals surface area contributed by atoms with Crippen LogP contribution in [0, 0.1) is 0 Å². The van der Waals surface area contributed by atoms with Gasteiger partial charge in [0.2, 0.25) is 5.88 Å². The van der Waals surface area contributed by atoms with Crippen molar-refractivity contribution in [2.75, 3.05) is 6.54 Å². The lowest BCUT2D eigenvalue weighted by molar-refractivity contribution is 0.241. The first-order chi connectivity index (χ1) is 11.4. The molecule has 0 amide bonds. The van der Waals surface area contributed by atoms with Crippen molar-refractivity contribution in [3.63, 3.8) is 0 Å². The van der Waals surface area contributed by atoms with Gasteiger partial charge in [0.15, 0.2) is 0 Å². The minimum Gasteiger partial charge on any atom is -0.439 e. The first-order valence-electron chi connectivity index (χ1n) is 7.93. The molecule has 2 aromatic heterocycles. The molecular formula is C19H19N3O. The molecule has 0 unspecified atom stereocenters. The molecule has 4 rings (SSSR count). The Labute approximate surface area is 135 Å². The topological polar surface area (TPSA) is 41.1 Å². The molecule has 1 aliphatic rings. The van der Waals surface area contributed by atoms with E-state index in [1.54, 1.807) is 6.20 Å². The fourth-order valence-electron chi connectivity index (χ4n) is 3.09. The van der Waals surface area contributed by atoms with Crippen molar-refractivity contribution in [2.45, 2.75) is 19.5 Å². The van der Waals surface area contributed by atoms with Crippen LogP contribution >= 0.6 is 0 Å². The summed E-state index contributed by atoms with van der Waals surface area (Å²) in [5.41, 5.74) is 3.91. The molecule has 0 atom stereocenters. The molecule has 4 nitrogen and oxygen atoms in total. The van der Waals surface area contributed by atoms with Crippen LogP contribution in [0.1, 0.15) is 16.8 Å². The van der Waals surface area contributed by atoms with Crippen LogP contribution in [0.4, 0.5) is 0 Å². The number of aromatic nitrogens is 2. The van der Waals surface area contributed by atoms with Crippen molar-refractivity contribution >= 4 is 0 Å². The SMILES string of the molecule is c1ccc(Oc2cccc3c2CCN(Cc2ccc[nH]2)C3)nc1. The second-order valence-corrected chi connectivity index (χ2v) is 5.82. The van der Waals surface area contributed by atoms with Gasteiger partial charge in [0, 0.05) is 49.4 Å². The summed E-state index contributed by atoms with van der Waals surface area (Å²) in [4.78, 5) is 9.99. The number of nitrogens with one attached hydrogen (secondary N) is 1. The van der Waals surface area contributed by atoms with E-state index < -0.39 is 0 Å². The Kier molecular flexibility index (Phi) is 3.82. The van der Waals surface area contributed by atoms with E-state index in [4.69, 9.17) is 4.74 Å². The van der Waals surface area contributed by atoms with Gasteiger partial charge in [-0.3, -0.25) is 4.90 Å². The highest BCUT2D eigenvalue weighted by Gasteiger charge is 2.20. The number of pyridine rings is 1. The Morgan fingerprint density at radius 1 is 1.09 bits per heavy atom. The molecule has 0 fully saturated rings. The van der Waals surface area contributed by atoms with E-state index in [9.17, 15) is 0 Å². The van der Waals surface area contributed by atoms with Crippen LogP contribution in [0.5, 0.6) is 11.6 Å². The number of rotatable bonds is 4. The maximum absolute atomic E-state index is 5.98. The third-order valence-corrected chi connectivity index (χ3v) is 4.21. The molecule has 1 aliphatic heterocycles. The van der Waals surface area contributed by atoms with Crippen molar-refractivity contribution in [2.24, 2.45) is 0 Å². The van der Waals surface area contributed by atoms with E-state index in [-0.39, 0.29) is 0 Å². The largest absolute Gasteiger partial charge is 0.439 e. The number of aromatic amines is 1. The van der Waals surface area contributed by atoms with Gasteiger partial charge < -0.3 is 9.72 Å². The van der Waals surface area contributed by atoms with Crippen LogP contribution in [0.15, 0.2) is 60.9 Å². The molecule has 4 heteroatoms. The average molecular weight is 305 g/mol. The zero-order valence-corrected chi connectivity index (χ0v) is 12.9. The molecule has 0 aliphatic carbocycles. The van der Waals surface area contributed by atoms with Crippen molar-refractivity contribution < 1.29 is 4.74 Å². The fourth-order valence-corrected chi connectivity index (χ4v) is 3.09. The standard InChI is InChI=1S/C19H19N3O/c1-2-10-21-19(8-1)23-18-7-3-5-15-13-22(12-9-17(15)18)14-16-6-4-11-20-16/h1-8,10-11,20H,9,12-14H2. The maximum atomic E-state index is 5.98. The lowest BCUT2D eigenvalue weighted by Gasteiger charge is -2.29. The summed E-state index contributed by atoms with van der Waals surface area (Å²) in [6, 6.07) is 16.2. The molecule has 0 spiro atoms. The first kappa shape index (κ1) is 14.0. The Morgan fingerprint density at radius 3 is 2.91 bits per heavy atom. The molecule has 1 N–H and O–H groups in total. The quantitative estimate of drug-likeness (QED) is 0.798. The van der Waals surface area contributed by atoms with Crippen LogP contribution < -0.4 is 4.74 Å². The molecule has 23 heavy (non-hydrogen) atoms. The Hall–Kier alpha value is -2.59. The Bertz CT molecular complexity index is 769. The first-order valence-corrected chi connectivity index (χ1v) is 7.93.